The van der Waals surface area contributed by atoms with Gasteiger partial charge in [0.15, 0.2) is 0 Å². The van der Waals surface area contributed by atoms with Crippen molar-refractivity contribution in [2.45, 2.75) is 0 Å². The minimum Gasteiger partial charge on any atom is -0.334 e. The Bertz CT molecular complexity index is 440. The van der Waals surface area contributed by atoms with Gasteiger partial charge in [-0.3, -0.25) is 0 Å². The van der Waals surface area contributed by atoms with E-state index in [1.54, 1.807) is 6.07 Å². The second-order valence-electron chi connectivity index (χ2n) is 2.16. The van der Waals surface area contributed by atoms with Gasteiger partial charge in [0.1, 0.15) is 10.8 Å². The highest BCUT2D eigenvalue weighted by Crippen LogP contribution is 2.24. The van der Waals surface area contributed by atoms with Crippen molar-refractivity contribution in [2.75, 3.05) is 0 Å². The highest BCUT2D eigenvalue weighted by atomic mass is 79.9. The number of nitrogens with one attached hydrogen (secondary N) is 1. The van der Waals surface area contributed by atoms with Crippen molar-refractivity contribution in [1.82, 2.24) is 15.0 Å². The molecule has 62 valence electrons. The van der Waals surface area contributed by atoms with Gasteiger partial charge in [-0.25, -0.2) is 4.98 Å². The first kappa shape index (κ1) is 8.29. The van der Waals surface area contributed by atoms with Gasteiger partial charge in [-0.2, -0.15) is 4.98 Å². The maximum absolute atomic E-state index is 5.80. The summed E-state index contributed by atoms with van der Waals surface area (Å²) in [5, 5.41) is 1.25. The third kappa shape index (κ3) is 1.30. The molecule has 2 aromatic heterocycles. The van der Waals surface area contributed by atoms with Crippen LogP contribution in [0.4, 0.5) is 0 Å². The molecule has 2 rings (SSSR count). The van der Waals surface area contributed by atoms with Crippen LogP contribution in [0, 0.1) is 0 Å². The lowest BCUT2D eigenvalue weighted by molar-refractivity contribution is 1.20. The fourth-order valence-electron chi connectivity index (χ4n) is 0.916. The first-order valence-corrected chi connectivity index (χ1v) is 4.59. The average Bonchev–Trinajstić information content (AvgIpc) is 2.29. The SMILES string of the molecule is Clc1nc(Cl)c2cc(Br)[nH]c2n1. The standard InChI is InChI=1S/C6H2BrCl2N3/c7-3-1-2-4(8)11-6(9)12-5(2)10-3/h1H,(H,10,11,12). The molecule has 0 spiro atoms. The van der Waals surface area contributed by atoms with Crippen LogP contribution in [0.15, 0.2) is 10.7 Å². The van der Waals surface area contributed by atoms with Crippen LogP contribution in [0.1, 0.15) is 0 Å². The van der Waals surface area contributed by atoms with Crippen LogP contribution >= 0.6 is 39.1 Å². The van der Waals surface area contributed by atoms with Crippen molar-refractivity contribution in [3.05, 3.63) is 21.1 Å². The molecule has 0 aliphatic carbocycles. The van der Waals surface area contributed by atoms with Gasteiger partial charge in [0.05, 0.1) is 9.99 Å². The molecule has 2 aromatic rings. The monoisotopic (exact) mass is 265 g/mol. The lowest BCUT2D eigenvalue weighted by atomic mass is 10.4. The first-order chi connectivity index (χ1) is 5.66. The van der Waals surface area contributed by atoms with Crippen LogP contribution in [-0.2, 0) is 0 Å². The number of nitrogens with zero attached hydrogens (tertiary/aromatic N) is 2. The van der Waals surface area contributed by atoms with E-state index >= 15 is 0 Å². The molecular weight excluding hydrogens is 265 g/mol. The molecule has 12 heavy (non-hydrogen) atoms. The van der Waals surface area contributed by atoms with E-state index in [1.165, 1.54) is 0 Å². The Hall–Kier alpha value is -0.320. The van der Waals surface area contributed by atoms with Crippen molar-refractivity contribution in [3.63, 3.8) is 0 Å². The van der Waals surface area contributed by atoms with Crippen LogP contribution in [-0.4, -0.2) is 15.0 Å². The minimum absolute atomic E-state index is 0.141. The van der Waals surface area contributed by atoms with Gasteiger partial charge in [-0.1, -0.05) is 11.6 Å². The third-order valence-electron chi connectivity index (χ3n) is 1.38. The topological polar surface area (TPSA) is 41.6 Å². The molecule has 0 aromatic carbocycles. The molecule has 2 heterocycles. The van der Waals surface area contributed by atoms with Gasteiger partial charge in [0.2, 0.25) is 5.28 Å². The molecular formula is C6H2BrCl2N3. The van der Waals surface area contributed by atoms with E-state index in [2.05, 4.69) is 30.9 Å². The number of hydrogen-bond acceptors (Lipinski definition) is 2. The fraction of sp³-hybridized carbons (Fsp3) is 0. The lowest BCUT2D eigenvalue weighted by Gasteiger charge is -1.91. The van der Waals surface area contributed by atoms with Gasteiger partial charge in [0.25, 0.3) is 0 Å². The number of fused-ring (bicyclic) bond motifs is 1. The maximum atomic E-state index is 5.80. The second-order valence-corrected chi connectivity index (χ2v) is 3.71. The molecule has 0 atom stereocenters. The van der Waals surface area contributed by atoms with Crippen LogP contribution in [0.25, 0.3) is 11.0 Å². The number of hydrogen-bond donors (Lipinski definition) is 1. The van der Waals surface area contributed by atoms with Gasteiger partial charge in [-0.05, 0) is 33.6 Å². The number of aromatic amines is 1. The Labute approximate surface area is 86.2 Å². The Kier molecular flexibility index (Phi) is 1.98. The highest BCUT2D eigenvalue weighted by molar-refractivity contribution is 9.10. The third-order valence-corrected chi connectivity index (χ3v) is 2.27. The zero-order valence-corrected chi connectivity index (χ0v) is 8.70. The smallest absolute Gasteiger partial charge is 0.225 e. The summed E-state index contributed by atoms with van der Waals surface area (Å²) in [6, 6.07) is 1.80. The highest BCUT2D eigenvalue weighted by Gasteiger charge is 2.06. The van der Waals surface area contributed by atoms with E-state index in [0.29, 0.717) is 10.8 Å². The van der Waals surface area contributed by atoms with E-state index in [-0.39, 0.29) is 5.28 Å². The fourth-order valence-corrected chi connectivity index (χ4v) is 1.77. The van der Waals surface area contributed by atoms with Crippen molar-refractivity contribution >= 4 is 50.2 Å². The number of aromatic nitrogens is 3. The summed E-state index contributed by atoms with van der Waals surface area (Å²) in [7, 11) is 0. The normalized spacial score (nSPS) is 10.9. The summed E-state index contributed by atoms with van der Waals surface area (Å²) in [5.74, 6) is 0. The summed E-state index contributed by atoms with van der Waals surface area (Å²) < 4.78 is 0.802. The van der Waals surface area contributed by atoms with E-state index in [0.717, 1.165) is 9.99 Å². The predicted molar refractivity (Wildman–Crippen MR) is 51.6 cm³/mol. The second kappa shape index (κ2) is 2.87. The first-order valence-electron chi connectivity index (χ1n) is 3.04. The van der Waals surface area contributed by atoms with Gasteiger partial charge >= 0.3 is 0 Å². The molecule has 0 fully saturated rings. The maximum Gasteiger partial charge on any atom is 0.225 e. The number of rotatable bonds is 0. The van der Waals surface area contributed by atoms with E-state index in [1.807, 2.05) is 0 Å². The van der Waals surface area contributed by atoms with Crippen molar-refractivity contribution in [1.29, 1.82) is 0 Å². The molecule has 3 nitrogen and oxygen atoms in total. The Morgan fingerprint density at radius 3 is 2.83 bits per heavy atom. The number of halogens is 3. The lowest BCUT2D eigenvalue weighted by Crippen LogP contribution is -1.83. The van der Waals surface area contributed by atoms with E-state index in [4.69, 9.17) is 23.2 Å². The van der Waals surface area contributed by atoms with Gasteiger partial charge < -0.3 is 4.98 Å². The Morgan fingerprint density at radius 1 is 1.33 bits per heavy atom. The molecule has 0 saturated heterocycles. The van der Waals surface area contributed by atoms with Crippen LogP contribution in [0.3, 0.4) is 0 Å². The summed E-state index contributed by atoms with van der Waals surface area (Å²) >= 11 is 14.6. The largest absolute Gasteiger partial charge is 0.334 e. The average molecular weight is 267 g/mol. The Morgan fingerprint density at radius 2 is 2.08 bits per heavy atom. The zero-order chi connectivity index (χ0) is 8.72. The van der Waals surface area contributed by atoms with Gasteiger partial charge in [0, 0.05) is 0 Å². The molecule has 0 unspecified atom stereocenters. The minimum atomic E-state index is 0.141. The summed E-state index contributed by atoms with van der Waals surface area (Å²) in [6.45, 7) is 0. The molecule has 0 saturated carbocycles. The van der Waals surface area contributed by atoms with Gasteiger partial charge in [-0.15, -0.1) is 0 Å². The summed E-state index contributed by atoms with van der Waals surface area (Å²) in [6.07, 6.45) is 0. The van der Waals surface area contributed by atoms with E-state index < -0.39 is 0 Å². The van der Waals surface area contributed by atoms with Crippen molar-refractivity contribution in [3.8, 4) is 0 Å². The Balaban J connectivity index is 2.88. The van der Waals surface area contributed by atoms with Crippen molar-refractivity contribution < 1.29 is 0 Å². The molecule has 0 aliphatic rings. The molecule has 6 heteroatoms. The predicted octanol–water partition coefficient (Wildman–Crippen LogP) is 3.03. The van der Waals surface area contributed by atoms with Crippen LogP contribution in [0.2, 0.25) is 10.4 Å². The molecule has 1 N–H and O–H groups in total. The van der Waals surface area contributed by atoms with E-state index in [9.17, 15) is 0 Å². The molecule has 0 radical (unpaired) electrons. The summed E-state index contributed by atoms with van der Waals surface area (Å²) in [5.41, 5.74) is 0.631. The zero-order valence-electron chi connectivity index (χ0n) is 5.61. The number of H-pyrrole nitrogens is 1. The molecule has 0 amide bonds. The van der Waals surface area contributed by atoms with Crippen molar-refractivity contribution in [2.24, 2.45) is 0 Å². The summed E-state index contributed by atoms with van der Waals surface area (Å²) in [4.78, 5) is 10.7. The quantitative estimate of drug-likeness (QED) is 0.588. The van der Waals surface area contributed by atoms with Crippen LogP contribution in [0.5, 0.6) is 0 Å². The molecule has 0 aliphatic heterocycles. The molecule has 0 bridgehead atoms. The van der Waals surface area contributed by atoms with Crippen LogP contribution < -0.4 is 0 Å².